The molecule has 9 heteroatoms. The molecule has 40 heavy (non-hydrogen) atoms. The number of sulfone groups is 1. The standard InChI is InChI=1S/C31H41Cl2NO5S/c1-6-25(15-16-40(36,37)7-2)34-28(21-11-13-23(32)14-12-21)27(22-9-8-10-24(33)17-22)19-31(5,29(34)35)18-26-20-38-30(3,4)39-26/h8-14,17,25-28H,6-7,15-16,18-20H2,1-5H3/t25?,26?,27-,28-,31+/m1/s1. The number of rotatable bonds is 10. The minimum atomic E-state index is -3.21. The highest BCUT2D eigenvalue weighted by Gasteiger charge is 2.53. The van der Waals surface area contributed by atoms with Gasteiger partial charge in [-0.1, -0.05) is 68.2 Å². The van der Waals surface area contributed by atoms with Gasteiger partial charge in [0.2, 0.25) is 5.91 Å². The number of carbonyl (C=O) groups excluding carboxylic acids is 1. The van der Waals surface area contributed by atoms with Crippen molar-refractivity contribution in [2.75, 3.05) is 18.1 Å². The fourth-order valence-electron chi connectivity index (χ4n) is 6.34. The Labute approximate surface area is 249 Å². The van der Waals surface area contributed by atoms with Crippen LogP contribution in [0.25, 0.3) is 0 Å². The van der Waals surface area contributed by atoms with Gasteiger partial charge >= 0.3 is 0 Å². The molecule has 2 aromatic rings. The van der Waals surface area contributed by atoms with Crippen LogP contribution in [0.5, 0.6) is 0 Å². The highest BCUT2D eigenvalue weighted by atomic mass is 35.5. The van der Waals surface area contributed by atoms with E-state index in [1.54, 1.807) is 6.92 Å². The van der Waals surface area contributed by atoms with Crippen molar-refractivity contribution >= 4 is 38.9 Å². The lowest BCUT2D eigenvalue weighted by atomic mass is 9.66. The molecule has 0 N–H and O–H groups in total. The molecular weight excluding hydrogens is 569 g/mol. The summed E-state index contributed by atoms with van der Waals surface area (Å²) in [4.78, 5) is 16.7. The van der Waals surface area contributed by atoms with Crippen molar-refractivity contribution in [1.82, 2.24) is 4.90 Å². The molecule has 0 radical (unpaired) electrons. The second-order valence-corrected chi connectivity index (χ2v) is 15.2. The van der Waals surface area contributed by atoms with Gasteiger partial charge in [-0.2, -0.15) is 0 Å². The molecule has 0 spiro atoms. The largest absolute Gasteiger partial charge is 0.348 e. The summed E-state index contributed by atoms with van der Waals surface area (Å²) < 4.78 is 37.1. The quantitative estimate of drug-likeness (QED) is 0.285. The minimum absolute atomic E-state index is 0.0137. The highest BCUT2D eigenvalue weighted by Crippen LogP contribution is 2.53. The molecular formula is C31H41Cl2NO5S. The van der Waals surface area contributed by atoms with E-state index in [1.807, 2.05) is 75.1 Å². The van der Waals surface area contributed by atoms with E-state index in [9.17, 15) is 13.2 Å². The molecule has 2 heterocycles. The smallest absolute Gasteiger partial charge is 0.229 e. The number of ether oxygens (including phenoxy) is 2. The van der Waals surface area contributed by atoms with Crippen molar-refractivity contribution in [3.8, 4) is 0 Å². The van der Waals surface area contributed by atoms with E-state index >= 15 is 0 Å². The molecule has 2 aromatic carbocycles. The van der Waals surface area contributed by atoms with Crippen molar-refractivity contribution in [3.63, 3.8) is 0 Å². The topological polar surface area (TPSA) is 72.9 Å². The normalized spacial score (nSPS) is 27.6. The fraction of sp³-hybridized carbons (Fsp3) is 0.581. The van der Waals surface area contributed by atoms with Gasteiger partial charge in [-0.15, -0.1) is 0 Å². The Kier molecular flexibility index (Phi) is 9.63. The van der Waals surface area contributed by atoms with Crippen LogP contribution in [0.1, 0.15) is 83.4 Å². The van der Waals surface area contributed by atoms with Gasteiger partial charge in [0.15, 0.2) is 5.79 Å². The number of carbonyl (C=O) groups is 1. The average Bonchev–Trinajstić information content (AvgIpc) is 3.24. The van der Waals surface area contributed by atoms with Crippen LogP contribution in [-0.4, -0.2) is 55.3 Å². The monoisotopic (exact) mass is 609 g/mol. The Morgan fingerprint density at radius 3 is 2.30 bits per heavy atom. The van der Waals surface area contributed by atoms with E-state index in [1.165, 1.54) is 0 Å². The summed E-state index contributed by atoms with van der Waals surface area (Å²) in [6.07, 6.45) is 1.86. The summed E-state index contributed by atoms with van der Waals surface area (Å²) in [5.41, 5.74) is 1.24. The lowest BCUT2D eigenvalue weighted by Gasteiger charge is -2.52. The lowest BCUT2D eigenvalue weighted by molar-refractivity contribution is -0.163. The molecule has 0 aliphatic carbocycles. The van der Waals surface area contributed by atoms with E-state index in [2.05, 4.69) is 6.07 Å². The molecule has 0 bridgehead atoms. The zero-order valence-electron chi connectivity index (χ0n) is 24.0. The number of nitrogens with zero attached hydrogens (tertiary/aromatic N) is 1. The molecule has 0 saturated carbocycles. The number of benzene rings is 2. The van der Waals surface area contributed by atoms with Crippen LogP contribution in [0.3, 0.4) is 0 Å². The third-order valence-corrected chi connectivity index (χ3v) is 10.6. The third kappa shape index (κ3) is 7.04. The van der Waals surface area contributed by atoms with Crippen LogP contribution in [0, 0.1) is 5.41 Å². The van der Waals surface area contributed by atoms with Gasteiger partial charge in [-0.3, -0.25) is 4.79 Å². The number of halogens is 2. The first-order valence-corrected chi connectivity index (χ1v) is 16.7. The zero-order chi connectivity index (χ0) is 29.3. The van der Waals surface area contributed by atoms with Crippen LogP contribution in [0.15, 0.2) is 48.5 Å². The summed E-state index contributed by atoms with van der Waals surface area (Å²) >= 11 is 12.8. The molecule has 4 rings (SSSR count). The lowest BCUT2D eigenvalue weighted by Crippen LogP contribution is -2.56. The summed E-state index contributed by atoms with van der Waals surface area (Å²) in [6, 6.07) is 14.9. The summed E-state index contributed by atoms with van der Waals surface area (Å²) in [5.74, 6) is -0.660. The molecule has 2 unspecified atom stereocenters. The first-order chi connectivity index (χ1) is 18.8. The molecule has 0 aromatic heterocycles. The Morgan fingerprint density at radius 2 is 1.73 bits per heavy atom. The van der Waals surface area contributed by atoms with Crippen molar-refractivity contribution < 1.29 is 22.7 Å². The molecule has 6 nitrogen and oxygen atoms in total. The summed E-state index contributed by atoms with van der Waals surface area (Å²) in [7, 11) is -3.21. The van der Waals surface area contributed by atoms with E-state index in [0.717, 1.165) is 11.1 Å². The van der Waals surface area contributed by atoms with Crippen molar-refractivity contribution in [2.24, 2.45) is 5.41 Å². The molecule has 2 aliphatic heterocycles. The van der Waals surface area contributed by atoms with Crippen LogP contribution in [0.4, 0.5) is 0 Å². The van der Waals surface area contributed by atoms with Crippen LogP contribution < -0.4 is 0 Å². The van der Waals surface area contributed by atoms with Gasteiger partial charge in [0.1, 0.15) is 9.84 Å². The van der Waals surface area contributed by atoms with Gasteiger partial charge in [-0.25, -0.2) is 8.42 Å². The van der Waals surface area contributed by atoms with Gasteiger partial charge in [0.05, 0.1) is 24.5 Å². The molecule has 2 saturated heterocycles. The fourth-order valence-corrected chi connectivity index (χ4v) is 7.58. The van der Waals surface area contributed by atoms with Gasteiger partial charge in [0.25, 0.3) is 0 Å². The van der Waals surface area contributed by atoms with Crippen molar-refractivity contribution in [3.05, 3.63) is 69.7 Å². The van der Waals surface area contributed by atoms with Crippen LogP contribution in [0.2, 0.25) is 10.0 Å². The molecule has 5 atom stereocenters. The second kappa shape index (κ2) is 12.3. The highest BCUT2D eigenvalue weighted by molar-refractivity contribution is 7.91. The average molecular weight is 611 g/mol. The van der Waals surface area contributed by atoms with E-state index in [-0.39, 0.29) is 41.5 Å². The first-order valence-electron chi connectivity index (χ1n) is 14.1. The molecule has 2 aliphatic rings. The SMILES string of the molecule is CCC(CCS(=O)(=O)CC)N1C(=O)[C@@](C)(CC2COC(C)(C)O2)C[C@H](c2cccc(Cl)c2)[C@H]1c1ccc(Cl)cc1. The third-order valence-electron chi connectivity index (χ3n) is 8.40. The van der Waals surface area contributed by atoms with E-state index in [0.29, 0.717) is 42.3 Å². The molecule has 2 fully saturated rings. The number of piperidine rings is 1. The van der Waals surface area contributed by atoms with E-state index in [4.69, 9.17) is 32.7 Å². The Bertz CT molecular complexity index is 1300. The predicted octanol–water partition coefficient (Wildman–Crippen LogP) is 7.20. The van der Waals surface area contributed by atoms with Gasteiger partial charge < -0.3 is 14.4 Å². The number of amides is 1. The van der Waals surface area contributed by atoms with Crippen LogP contribution >= 0.6 is 23.2 Å². The second-order valence-electron chi connectivity index (χ2n) is 11.9. The Hall–Kier alpha value is -1.64. The maximum Gasteiger partial charge on any atom is 0.229 e. The molecule has 1 amide bonds. The first kappa shape index (κ1) is 31.3. The Balaban J connectivity index is 1.83. The summed E-state index contributed by atoms with van der Waals surface area (Å²) in [5, 5.41) is 1.25. The number of hydrogen-bond acceptors (Lipinski definition) is 5. The minimum Gasteiger partial charge on any atom is -0.348 e. The predicted molar refractivity (Wildman–Crippen MR) is 161 cm³/mol. The van der Waals surface area contributed by atoms with Crippen LogP contribution in [-0.2, 0) is 24.1 Å². The number of likely N-dealkylation sites (tertiary alicyclic amines) is 1. The van der Waals surface area contributed by atoms with Gasteiger partial charge in [0, 0.05) is 33.2 Å². The van der Waals surface area contributed by atoms with Crippen molar-refractivity contribution in [1.29, 1.82) is 0 Å². The number of hydrogen-bond donors (Lipinski definition) is 0. The molecule has 220 valence electrons. The van der Waals surface area contributed by atoms with E-state index < -0.39 is 21.0 Å². The maximum atomic E-state index is 14.7. The maximum absolute atomic E-state index is 14.7. The summed E-state index contributed by atoms with van der Waals surface area (Å²) in [6.45, 7) is 9.89. The van der Waals surface area contributed by atoms with Gasteiger partial charge in [-0.05, 0) is 74.9 Å². The van der Waals surface area contributed by atoms with Crippen molar-refractivity contribution in [2.45, 2.75) is 90.2 Å². The Morgan fingerprint density at radius 1 is 1.02 bits per heavy atom. The zero-order valence-corrected chi connectivity index (χ0v) is 26.4.